The molecule has 108 valence electrons. The molecule has 1 unspecified atom stereocenters. The minimum atomic E-state index is -0.782. The van der Waals surface area contributed by atoms with Crippen molar-refractivity contribution in [3.05, 3.63) is 69.4 Å². The maximum absolute atomic E-state index is 10.4. The van der Waals surface area contributed by atoms with Gasteiger partial charge >= 0.3 is 0 Å². The van der Waals surface area contributed by atoms with Crippen LogP contribution < -0.4 is 0 Å². The molecule has 1 heterocycles. The van der Waals surface area contributed by atoms with Crippen molar-refractivity contribution in [2.75, 3.05) is 0 Å². The topological polar surface area (TPSA) is 33.4 Å². The lowest BCUT2D eigenvalue weighted by atomic mass is 10.1. The minimum Gasteiger partial charge on any atom is -0.458 e. The average molecular weight is 321 g/mol. The van der Waals surface area contributed by atoms with Gasteiger partial charge in [-0.3, -0.25) is 0 Å². The van der Waals surface area contributed by atoms with Crippen molar-refractivity contribution in [2.24, 2.45) is 0 Å². The van der Waals surface area contributed by atoms with Crippen molar-refractivity contribution >= 4 is 34.2 Å². The van der Waals surface area contributed by atoms with Gasteiger partial charge in [0.25, 0.3) is 0 Å². The molecule has 0 aliphatic rings. The van der Waals surface area contributed by atoms with Crippen LogP contribution in [0, 0.1) is 6.92 Å². The van der Waals surface area contributed by atoms with Crippen LogP contribution in [0.25, 0.3) is 11.0 Å². The zero-order valence-electron chi connectivity index (χ0n) is 11.4. The smallest absolute Gasteiger partial charge is 0.134 e. The number of aliphatic hydroxyl groups is 1. The Hall–Kier alpha value is -1.48. The van der Waals surface area contributed by atoms with Crippen LogP contribution in [0.1, 0.15) is 23.0 Å². The van der Waals surface area contributed by atoms with Crippen molar-refractivity contribution in [1.29, 1.82) is 0 Å². The summed E-state index contributed by atoms with van der Waals surface area (Å²) in [4.78, 5) is 0. The molecule has 1 aromatic heterocycles. The zero-order chi connectivity index (χ0) is 15.0. The molecule has 0 saturated carbocycles. The standard InChI is InChI=1S/C17H14Cl2O2/c1-10-5-6-16-11(7-10)8-17(21-16)15(20)9-12-13(18)3-2-4-14(12)19/h2-8,15,20H,9H2,1H3. The Kier molecular flexibility index (Phi) is 3.94. The molecule has 4 heteroatoms. The van der Waals surface area contributed by atoms with Gasteiger partial charge in [-0.25, -0.2) is 0 Å². The van der Waals surface area contributed by atoms with Crippen molar-refractivity contribution in [3.63, 3.8) is 0 Å². The molecular weight excluding hydrogens is 307 g/mol. The third kappa shape index (κ3) is 2.93. The first-order chi connectivity index (χ1) is 10.0. The maximum Gasteiger partial charge on any atom is 0.134 e. The lowest BCUT2D eigenvalue weighted by Crippen LogP contribution is -2.01. The number of furan rings is 1. The number of hydrogen-bond donors (Lipinski definition) is 1. The number of aliphatic hydroxyl groups excluding tert-OH is 1. The van der Waals surface area contributed by atoms with Gasteiger partial charge in [0.15, 0.2) is 0 Å². The normalized spacial score (nSPS) is 12.8. The second-order valence-corrected chi connectivity index (χ2v) is 5.92. The molecule has 0 saturated heterocycles. The first-order valence-electron chi connectivity index (χ1n) is 6.65. The van der Waals surface area contributed by atoms with Crippen molar-refractivity contribution in [1.82, 2.24) is 0 Å². The summed E-state index contributed by atoms with van der Waals surface area (Å²) in [6.45, 7) is 2.02. The van der Waals surface area contributed by atoms with Gasteiger partial charge in [-0.15, -0.1) is 0 Å². The predicted octanol–water partition coefficient (Wildman–Crippen LogP) is 5.32. The van der Waals surface area contributed by atoms with Gasteiger partial charge in [0.05, 0.1) is 0 Å². The molecule has 0 aliphatic heterocycles. The van der Waals surface area contributed by atoms with E-state index in [1.807, 2.05) is 31.2 Å². The third-order valence-corrected chi connectivity index (χ3v) is 4.19. The molecule has 0 fully saturated rings. The summed E-state index contributed by atoms with van der Waals surface area (Å²) in [5.74, 6) is 0.520. The van der Waals surface area contributed by atoms with Gasteiger partial charge in [-0.2, -0.15) is 0 Å². The Labute approximate surface area is 132 Å². The largest absolute Gasteiger partial charge is 0.458 e. The number of fused-ring (bicyclic) bond motifs is 1. The van der Waals surface area contributed by atoms with Crippen LogP contribution in [0.3, 0.4) is 0 Å². The summed E-state index contributed by atoms with van der Waals surface area (Å²) >= 11 is 12.3. The van der Waals surface area contributed by atoms with Crippen LogP contribution in [0.5, 0.6) is 0 Å². The van der Waals surface area contributed by atoms with E-state index in [0.717, 1.165) is 22.1 Å². The van der Waals surface area contributed by atoms with E-state index in [1.54, 1.807) is 18.2 Å². The molecule has 3 rings (SSSR count). The van der Waals surface area contributed by atoms with Gasteiger partial charge in [0, 0.05) is 21.9 Å². The number of benzene rings is 2. The molecule has 1 atom stereocenters. The lowest BCUT2D eigenvalue weighted by Gasteiger charge is -2.10. The molecule has 0 bridgehead atoms. The highest BCUT2D eigenvalue weighted by Crippen LogP contribution is 2.31. The second kappa shape index (κ2) is 5.72. The summed E-state index contributed by atoms with van der Waals surface area (Å²) in [5, 5.41) is 12.5. The average Bonchev–Trinajstić information content (AvgIpc) is 2.86. The highest BCUT2D eigenvalue weighted by molar-refractivity contribution is 6.36. The molecule has 0 radical (unpaired) electrons. The molecule has 2 nitrogen and oxygen atoms in total. The molecule has 1 N–H and O–H groups in total. The van der Waals surface area contributed by atoms with Gasteiger partial charge in [0.1, 0.15) is 17.4 Å². The Morgan fingerprint density at radius 2 is 1.81 bits per heavy atom. The molecule has 2 aromatic carbocycles. The van der Waals surface area contributed by atoms with E-state index in [9.17, 15) is 5.11 Å². The fourth-order valence-electron chi connectivity index (χ4n) is 2.37. The monoisotopic (exact) mass is 320 g/mol. The number of rotatable bonds is 3. The Morgan fingerprint density at radius 3 is 2.52 bits per heavy atom. The molecule has 0 spiro atoms. The van der Waals surface area contributed by atoms with E-state index in [1.165, 1.54) is 0 Å². The van der Waals surface area contributed by atoms with Crippen LogP contribution in [0.2, 0.25) is 10.0 Å². The maximum atomic E-state index is 10.4. The first-order valence-corrected chi connectivity index (χ1v) is 7.41. The summed E-state index contributed by atoms with van der Waals surface area (Å²) in [6.07, 6.45) is -0.466. The number of halogens is 2. The van der Waals surface area contributed by atoms with E-state index >= 15 is 0 Å². The highest BCUT2D eigenvalue weighted by Gasteiger charge is 2.17. The minimum absolute atomic E-state index is 0.317. The van der Waals surface area contributed by atoms with Crippen LogP contribution in [0.15, 0.2) is 46.9 Å². The SMILES string of the molecule is Cc1ccc2oc(C(O)Cc3c(Cl)cccc3Cl)cc2c1. The molecule has 21 heavy (non-hydrogen) atoms. The van der Waals surface area contributed by atoms with Crippen LogP contribution in [-0.2, 0) is 6.42 Å². The summed E-state index contributed by atoms with van der Waals surface area (Å²) < 4.78 is 5.70. The van der Waals surface area contributed by atoms with E-state index in [0.29, 0.717) is 22.2 Å². The summed E-state index contributed by atoms with van der Waals surface area (Å²) in [6, 6.07) is 13.1. The van der Waals surface area contributed by atoms with E-state index in [2.05, 4.69) is 0 Å². The second-order valence-electron chi connectivity index (χ2n) is 5.11. The van der Waals surface area contributed by atoms with Crippen molar-refractivity contribution in [3.8, 4) is 0 Å². The Balaban J connectivity index is 1.91. The van der Waals surface area contributed by atoms with Gasteiger partial charge in [-0.1, -0.05) is 40.9 Å². The number of hydrogen-bond acceptors (Lipinski definition) is 2. The van der Waals surface area contributed by atoms with Crippen LogP contribution in [0.4, 0.5) is 0 Å². The quantitative estimate of drug-likeness (QED) is 0.708. The fourth-order valence-corrected chi connectivity index (χ4v) is 2.92. The molecule has 0 aliphatic carbocycles. The zero-order valence-corrected chi connectivity index (χ0v) is 12.9. The van der Waals surface area contributed by atoms with Crippen LogP contribution in [-0.4, -0.2) is 5.11 Å². The van der Waals surface area contributed by atoms with Gasteiger partial charge < -0.3 is 9.52 Å². The molecule has 0 amide bonds. The fraction of sp³-hybridized carbons (Fsp3) is 0.176. The van der Waals surface area contributed by atoms with Gasteiger partial charge in [0.2, 0.25) is 0 Å². The van der Waals surface area contributed by atoms with Crippen molar-refractivity contribution in [2.45, 2.75) is 19.4 Å². The predicted molar refractivity (Wildman–Crippen MR) is 86.1 cm³/mol. The van der Waals surface area contributed by atoms with E-state index < -0.39 is 6.10 Å². The van der Waals surface area contributed by atoms with Gasteiger partial charge in [-0.05, 0) is 42.8 Å². The lowest BCUT2D eigenvalue weighted by molar-refractivity contribution is 0.152. The van der Waals surface area contributed by atoms with E-state index in [4.69, 9.17) is 27.6 Å². The number of aryl methyl sites for hydroxylation is 1. The van der Waals surface area contributed by atoms with Crippen molar-refractivity contribution < 1.29 is 9.52 Å². The van der Waals surface area contributed by atoms with Crippen LogP contribution >= 0.6 is 23.2 Å². The van der Waals surface area contributed by atoms with E-state index in [-0.39, 0.29) is 0 Å². The Morgan fingerprint density at radius 1 is 1.10 bits per heavy atom. The third-order valence-electron chi connectivity index (χ3n) is 3.48. The first kappa shape index (κ1) is 14.5. The molecule has 3 aromatic rings. The molecular formula is C17H14Cl2O2. The summed E-state index contributed by atoms with van der Waals surface area (Å²) in [7, 11) is 0. The Bertz CT molecular complexity index is 772. The summed E-state index contributed by atoms with van der Waals surface area (Å²) in [5.41, 5.74) is 2.64. The highest BCUT2D eigenvalue weighted by atomic mass is 35.5.